The number of aromatic nitrogens is 2. The minimum atomic E-state index is -0.997. The van der Waals surface area contributed by atoms with E-state index < -0.39 is 17.2 Å². The number of aliphatic hydroxyl groups is 1. The summed E-state index contributed by atoms with van der Waals surface area (Å²) in [5, 5.41) is 15.8. The molecule has 2 saturated heterocycles. The van der Waals surface area contributed by atoms with Crippen molar-refractivity contribution in [3.63, 3.8) is 0 Å². The van der Waals surface area contributed by atoms with Gasteiger partial charge in [-0.05, 0) is 50.7 Å². The summed E-state index contributed by atoms with van der Waals surface area (Å²) in [4.78, 5) is 14.5. The van der Waals surface area contributed by atoms with E-state index in [-0.39, 0.29) is 24.2 Å². The third-order valence-corrected chi connectivity index (χ3v) is 6.70. The van der Waals surface area contributed by atoms with Crippen LogP contribution in [0, 0.1) is 11.6 Å². The predicted molar refractivity (Wildman–Crippen MR) is 103 cm³/mol. The maximum absolute atomic E-state index is 14.1. The molecular formula is C22H25F2N3O2. The number of fused-ring (bicyclic) bond motifs is 2. The second-order valence-corrected chi connectivity index (χ2v) is 8.95. The molecule has 2 aromatic rings. The zero-order valence-corrected chi connectivity index (χ0v) is 16.2. The Labute approximate surface area is 168 Å². The molecule has 2 atom stereocenters. The third-order valence-electron chi connectivity index (χ3n) is 6.70. The van der Waals surface area contributed by atoms with Gasteiger partial charge in [0.15, 0.2) is 0 Å². The van der Waals surface area contributed by atoms with Gasteiger partial charge in [0, 0.05) is 42.2 Å². The molecule has 1 aliphatic carbocycles. The van der Waals surface area contributed by atoms with Gasteiger partial charge in [-0.1, -0.05) is 6.07 Å². The van der Waals surface area contributed by atoms with Crippen LogP contribution in [0.1, 0.15) is 55.7 Å². The molecular weight excluding hydrogens is 376 g/mol. The van der Waals surface area contributed by atoms with E-state index in [2.05, 4.69) is 10.00 Å². The first kappa shape index (κ1) is 18.9. The SMILES string of the molecule is O=c1ccc(C2CC2)nn1CC1(O)CC2CCC(C1)N2Cc1ccc(F)cc1F. The van der Waals surface area contributed by atoms with E-state index in [1.54, 1.807) is 12.1 Å². The first-order valence-corrected chi connectivity index (χ1v) is 10.4. The van der Waals surface area contributed by atoms with E-state index in [0.717, 1.165) is 37.4 Å². The molecule has 154 valence electrons. The molecule has 1 aromatic heterocycles. The quantitative estimate of drug-likeness (QED) is 0.837. The molecule has 1 N–H and O–H groups in total. The van der Waals surface area contributed by atoms with Crippen molar-refractivity contribution in [2.75, 3.05) is 0 Å². The molecule has 2 bridgehead atoms. The van der Waals surface area contributed by atoms with Gasteiger partial charge < -0.3 is 5.11 Å². The van der Waals surface area contributed by atoms with E-state index >= 15 is 0 Å². The fourth-order valence-electron chi connectivity index (χ4n) is 5.10. The maximum atomic E-state index is 14.1. The van der Waals surface area contributed by atoms with Crippen molar-refractivity contribution < 1.29 is 13.9 Å². The van der Waals surface area contributed by atoms with Crippen molar-refractivity contribution in [2.45, 2.75) is 75.2 Å². The number of hydrogen-bond acceptors (Lipinski definition) is 4. The molecule has 1 aromatic carbocycles. The van der Waals surface area contributed by atoms with E-state index in [0.29, 0.717) is 30.9 Å². The Kier molecular flexibility index (Phi) is 4.55. The van der Waals surface area contributed by atoms with Crippen molar-refractivity contribution in [1.29, 1.82) is 0 Å². The average Bonchev–Trinajstić information content (AvgIpc) is 3.47. The van der Waals surface area contributed by atoms with Gasteiger partial charge in [-0.2, -0.15) is 5.10 Å². The predicted octanol–water partition coefficient (Wildman–Crippen LogP) is 2.96. The van der Waals surface area contributed by atoms with Gasteiger partial charge in [-0.15, -0.1) is 0 Å². The molecule has 2 aliphatic heterocycles. The van der Waals surface area contributed by atoms with E-state index in [9.17, 15) is 18.7 Å². The Bertz CT molecular complexity index is 974. The molecule has 3 fully saturated rings. The van der Waals surface area contributed by atoms with E-state index in [1.165, 1.54) is 16.8 Å². The summed E-state index contributed by atoms with van der Waals surface area (Å²) in [7, 11) is 0. The fourth-order valence-corrected chi connectivity index (χ4v) is 5.10. The molecule has 3 aliphatic rings. The number of piperidine rings is 1. The smallest absolute Gasteiger partial charge is 0.266 e. The third kappa shape index (κ3) is 3.73. The molecule has 0 spiro atoms. The molecule has 2 unspecified atom stereocenters. The Morgan fingerprint density at radius 1 is 1.07 bits per heavy atom. The Hall–Kier alpha value is -2.12. The standard InChI is InChI=1S/C22H25F2N3O2/c23-16-4-3-15(19(24)9-16)12-26-17-5-6-18(26)11-22(29,10-17)13-27-21(28)8-7-20(25-27)14-1-2-14/h3-4,7-9,14,17-18,29H,1-2,5-6,10-13H2. The van der Waals surface area contributed by atoms with Crippen LogP contribution in [0.15, 0.2) is 35.1 Å². The second kappa shape index (κ2) is 6.99. The largest absolute Gasteiger partial charge is 0.388 e. The van der Waals surface area contributed by atoms with Crippen LogP contribution in [0.5, 0.6) is 0 Å². The van der Waals surface area contributed by atoms with Gasteiger partial charge in [0.2, 0.25) is 0 Å². The van der Waals surface area contributed by atoms with Gasteiger partial charge in [-0.25, -0.2) is 13.5 Å². The van der Waals surface area contributed by atoms with Gasteiger partial charge >= 0.3 is 0 Å². The van der Waals surface area contributed by atoms with Crippen molar-refractivity contribution in [2.24, 2.45) is 0 Å². The molecule has 3 heterocycles. The van der Waals surface area contributed by atoms with Gasteiger partial charge in [-0.3, -0.25) is 9.69 Å². The van der Waals surface area contributed by atoms with Crippen molar-refractivity contribution in [3.8, 4) is 0 Å². The lowest BCUT2D eigenvalue weighted by Gasteiger charge is -2.43. The monoisotopic (exact) mass is 401 g/mol. The summed E-state index contributed by atoms with van der Waals surface area (Å²) < 4.78 is 28.7. The fraction of sp³-hybridized carbons (Fsp3) is 0.545. The first-order chi connectivity index (χ1) is 13.9. The van der Waals surface area contributed by atoms with Crippen LogP contribution < -0.4 is 5.56 Å². The van der Waals surface area contributed by atoms with Gasteiger partial charge in [0.25, 0.3) is 5.56 Å². The number of halogens is 2. The topological polar surface area (TPSA) is 58.4 Å². The van der Waals surface area contributed by atoms with Gasteiger partial charge in [0.1, 0.15) is 11.6 Å². The zero-order chi connectivity index (χ0) is 20.2. The average molecular weight is 401 g/mol. The minimum absolute atomic E-state index is 0.116. The highest BCUT2D eigenvalue weighted by molar-refractivity contribution is 5.20. The first-order valence-electron chi connectivity index (χ1n) is 10.4. The Morgan fingerprint density at radius 2 is 1.79 bits per heavy atom. The molecule has 5 nitrogen and oxygen atoms in total. The molecule has 0 amide bonds. The zero-order valence-electron chi connectivity index (χ0n) is 16.2. The highest BCUT2D eigenvalue weighted by atomic mass is 19.1. The van der Waals surface area contributed by atoms with Crippen molar-refractivity contribution in [1.82, 2.24) is 14.7 Å². The van der Waals surface area contributed by atoms with Crippen LogP contribution in [0.25, 0.3) is 0 Å². The normalized spacial score (nSPS) is 29.3. The molecule has 1 saturated carbocycles. The van der Waals surface area contributed by atoms with Crippen LogP contribution in [0.3, 0.4) is 0 Å². The minimum Gasteiger partial charge on any atom is -0.388 e. The summed E-state index contributed by atoms with van der Waals surface area (Å²) in [6.07, 6.45) is 5.12. The number of nitrogens with zero attached hydrogens (tertiary/aromatic N) is 3. The second-order valence-electron chi connectivity index (χ2n) is 8.95. The van der Waals surface area contributed by atoms with Crippen molar-refractivity contribution in [3.05, 3.63) is 63.6 Å². The van der Waals surface area contributed by atoms with Crippen LogP contribution in [0.2, 0.25) is 0 Å². The number of hydrogen-bond donors (Lipinski definition) is 1. The summed E-state index contributed by atoms with van der Waals surface area (Å²) >= 11 is 0. The van der Waals surface area contributed by atoms with E-state index in [4.69, 9.17) is 0 Å². The van der Waals surface area contributed by atoms with Crippen LogP contribution >= 0.6 is 0 Å². The molecule has 7 heteroatoms. The number of rotatable bonds is 5. The molecule has 0 radical (unpaired) electrons. The lowest BCUT2D eigenvalue weighted by molar-refractivity contribution is -0.0680. The molecule has 29 heavy (non-hydrogen) atoms. The lowest BCUT2D eigenvalue weighted by Crippen LogP contribution is -2.53. The van der Waals surface area contributed by atoms with Crippen LogP contribution in [0.4, 0.5) is 8.78 Å². The summed E-state index contributed by atoms with van der Waals surface area (Å²) in [5.41, 5.74) is 0.220. The van der Waals surface area contributed by atoms with E-state index in [1.807, 2.05) is 0 Å². The summed E-state index contributed by atoms with van der Waals surface area (Å²) in [5.74, 6) is -0.661. The van der Waals surface area contributed by atoms with Crippen LogP contribution in [-0.4, -0.2) is 37.5 Å². The highest BCUT2D eigenvalue weighted by Gasteiger charge is 2.48. The highest BCUT2D eigenvalue weighted by Crippen LogP contribution is 2.42. The van der Waals surface area contributed by atoms with Crippen molar-refractivity contribution >= 4 is 0 Å². The van der Waals surface area contributed by atoms with Crippen LogP contribution in [-0.2, 0) is 13.1 Å². The summed E-state index contributed by atoms with van der Waals surface area (Å²) in [6, 6.07) is 7.28. The summed E-state index contributed by atoms with van der Waals surface area (Å²) in [6.45, 7) is 0.602. The van der Waals surface area contributed by atoms with Gasteiger partial charge in [0.05, 0.1) is 17.8 Å². The maximum Gasteiger partial charge on any atom is 0.266 e. The number of benzene rings is 1. The Morgan fingerprint density at radius 3 is 2.45 bits per heavy atom. The lowest BCUT2D eigenvalue weighted by atomic mass is 9.85. The molecule has 5 rings (SSSR count). The Balaban J connectivity index is 1.32.